The molecule has 11 heavy (non-hydrogen) atoms. The molecule has 0 saturated carbocycles. The predicted octanol–water partition coefficient (Wildman–Crippen LogP) is 1.14. The first-order valence-electron chi connectivity index (χ1n) is 4.09. The summed E-state index contributed by atoms with van der Waals surface area (Å²) in [5.41, 5.74) is 1.42. The predicted molar refractivity (Wildman–Crippen MR) is 47.8 cm³/mol. The van der Waals surface area contributed by atoms with Crippen molar-refractivity contribution in [2.45, 2.75) is 13.8 Å². The van der Waals surface area contributed by atoms with Gasteiger partial charge in [0.15, 0.2) is 0 Å². The second-order valence-corrected chi connectivity index (χ2v) is 3.45. The Morgan fingerprint density at radius 1 is 1.55 bits per heavy atom. The van der Waals surface area contributed by atoms with Crippen LogP contribution >= 0.6 is 0 Å². The van der Waals surface area contributed by atoms with Crippen LogP contribution in [0.2, 0.25) is 0 Å². The van der Waals surface area contributed by atoms with E-state index in [9.17, 15) is 0 Å². The molecule has 1 heterocycles. The third-order valence-corrected chi connectivity index (χ3v) is 1.96. The van der Waals surface area contributed by atoms with Crippen LogP contribution in [0.4, 0.5) is 0 Å². The van der Waals surface area contributed by atoms with Crippen molar-refractivity contribution >= 4 is 6.34 Å². The van der Waals surface area contributed by atoms with Crippen LogP contribution in [0.3, 0.4) is 0 Å². The molecular weight excluding hydrogens is 136 g/mol. The molecule has 1 rings (SSSR count). The molecule has 0 aliphatic carbocycles. The summed E-state index contributed by atoms with van der Waals surface area (Å²) in [5, 5.41) is 0. The molecule has 0 bridgehead atoms. The Morgan fingerprint density at radius 3 is 2.64 bits per heavy atom. The third-order valence-electron chi connectivity index (χ3n) is 1.96. The van der Waals surface area contributed by atoms with Gasteiger partial charge in [-0.25, -0.2) is 4.90 Å². The minimum Gasteiger partial charge on any atom is -0.267 e. The SMILES string of the molecule is CC(C)C1=CC[N+](C)=CN1C. The molecule has 2 heteroatoms. The highest BCUT2D eigenvalue weighted by atomic mass is 15.2. The molecule has 0 aromatic heterocycles. The Bertz CT molecular complexity index is 202. The standard InChI is InChI=1S/C9H17N2/c1-8(2)9-5-6-10(3)7-11(9)4/h5,7-8H,6H2,1-4H3/q+1. The van der Waals surface area contributed by atoms with Crippen LogP contribution in [0.15, 0.2) is 11.8 Å². The fraction of sp³-hybridized carbons (Fsp3) is 0.667. The molecule has 1 aliphatic rings. The van der Waals surface area contributed by atoms with Gasteiger partial charge in [-0.05, 0) is 6.08 Å². The van der Waals surface area contributed by atoms with Gasteiger partial charge in [-0.3, -0.25) is 4.58 Å². The fourth-order valence-corrected chi connectivity index (χ4v) is 1.43. The zero-order valence-electron chi connectivity index (χ0n) is 7.83. The van der Waals surface area contributed by atoms with Crippen LogP contribution in [0, 0.1) is 5.92 Å². The maximum absolute atomic E-state index is 2.28. The van der Waals surface area contributed by atoms with Crippen molar-refractivity contribution in [3.63, 3.8) is 0 Å². The van der Waals surface area contributed by atoms with E-state index in [1.54, 1.807) is 0 Å². The third kappa shape index (κ3) is 1.82. The van der Waals surface area contributed by atoms with Gasteiger partial charge in [0, 0.05) is 5.92 Å². The van der Waals surface area contributed by atoms with Gasteiger partial charge in [0.1, 0.15) is 12.2 Å². The Balaban J connectivity index is 2.72. The molecule has 62 valence electrons. The van der Waals surface area contributed by atoms with Gasteiger partial charge in [-0.15, -0.1) is 0 Å². The van der Waals surface area contributed by atoms with E-state index in [0.717, 1.165) is 6.54 Å². The van der Waals surface area contributed by atoms with Crippen molar-refractivity contribution in [1.29, 1.82) is 0 Å². The summed E-state index contributed by atoms with van der Waals surface area (Å²) in [4.78, 5) is 2.19. The Hall–Kier alpha value is -0.790. The van der Waals surface area contributed by atoms with Crippen molar-refractivity contribution in [3.8, 4) is 0 Å². The molecule has 0 unspecified atom stereocenters. The topological polar surface area (TPSA) is 6.25 Å². The molecule has 1 aliphatic heterocycles. The molecule has 0 amide bonds. The maximum Gasteiger partial charge on any atom is 0.238 e. The number of likely N-dealkylation sites (N-methyl/N-ethyl adjacent to an activating group) is 1. The van der Waals surface area contributed by atoms with Crippen LogP contribution < -0.4 is 0 Å². The summed E-state index contributed by atoms with van der Waals surface area (Å²) >= 11 is 0. The fourth-order valence-electron chi connectivity index (χ4n) is 1.43. The van der Waals surface area contributed by atoms with E-state index in [1.165, 1.54) is 5.70 Å². The van der Waals surface area contributed by atoms with E-state index >= 15 is 0 Å². The second-order valence-electron chi connectivity index (χ2n) is 3.45. The highest BCUT2D eigenvalue weighted by Gasteiger charge is 2.16. The normalized spacial score (nSPS) is 18.5. The number of hydrogen-bond acceptors (Lipinski definition) is 1. The summed E-state index contributed by atoms with van der Waals surface area (Å²) in [6.07, 6.45) is 4.42. The molecule has 0 aromatic carbocycles. The summed E-state index contributed by atoms with van der Waals surface area (Å²) in [7, 11) is 4.19. The van der Waals surface area contributed by atoms with Gasteiger partial charge in [-0.2, -0.15) is 0 Å². The average molecular weight is 153 g/mol. The molecule has 0 aromatic rings. The number of hydrogen-bond donors (Lipinski definition) is 0. The molecular formula is C9H17N2+. The number of rotatable bonds is 1. The molecule has 0 radical (unpaired) electrons. The van der Waals surface area contributed by atoms with Crippen molar-refractivity contribution in [1.82, 2.24) is 4.90 Å². The Kier molecular flexibility index (Phi) is 2.32. The molecule has 0 atom stereocenters. The summed E-state index contributed by atoms with van der Waals surface area (Å²) in [5.74, 6) is 0.630. The van der Waals surface area contributed by atoms with Gasteiger partial charge >= 0.3 is 0 Å². The van der Waals surface area contributed by atoms with E-state index in [1.807, 2.05) is 0 Å². The van der Waals surface area contributed by atoms with Crippen molar-refractivity contribution < 1.29 is 4.58 Å². The quantitative estimate of drug-likeness (QED) is 0.512. The molecule has 0 saturated heterocycles. The minimum absolute atomic E-state index is 0.630. The van der Waals surface area contributed by atoms with Crippen molar-refractivity contribution in [2.24, 2.45) is 5.92 Å². The molecule has 0 N–H and O–H groups in total. The van der Waals surface area contributed by atoms with Gasteiger partial charge < -0.3 is 0 Å². The Morgan fingerprint density at radius 2 is 2.18 bits per heavy atom. The van der Waals surface area contributed by atoms with E-state index in [0.29, 0.717) is 5.92 Å². The van der Waals surface area contributed by atoms with Crippen LogP contribution in [-0.2, 0) is 0 Å². The minimum atomic E-state index is 0.630. The van der Waals surface area contributed by atoms with Crippen molar-refractivity contribution in [2.75, 3.05) is 20.6 Å². The van der Waals surface area contributed by atoms with Crippen molar-refractivity contribution in [3.05, 3.63) is 11.8 Å². The lowest BCUT2D eigenvalue weighted by Crippen LogP contribution is -2.29. The molecule has 0 fully saturated rings. The number of nitrogens with zero attached hydrogens (tertiary/aromatic N) is 2. The average Bonchev–Trinajstić information content (AvgIpc) is 1.85. The van der Waals surface area contributed by atoms with E-state index in [2.05, 4.69) is 49.8 Å². The van der Waals surface area contributed by atoms with Gasteiger partial charge in [-0.1, -0.05) is 13.8 Å². The first-order valence-corrected chi connectivity index (χ1v) is 4.09. The zero-order chi connectivity index (χ0) is 8.43. The van der Waals surface area contributed by atoms with Crippen LogP contribution in [0.1, 0.15) is 13.8 Å². The molecule has 0 spiro atoms. The summed E-state index contributed by atoms with van der Waals surface area (Å²) in [6.45, 7) is 5.49. The lowest BCUT2D eigenvalue weighted by atomic mass is 10.1. The van der Waals surface area contributed by atoms with Crippen LogP contribution in [0.5, 0.6) is 0 Å². The molecule has 2 nitrogen and oxygen atoms in total. The van der Waals surface area contributed by atoms with Gasteiger partial charge in [0.2, 0.25) is 6.34 Å². The lowest BCUT2D eigenvalue weighted by molar-refractivity contribution is -0.488. The second kappa shape index (κ2) is 3.07. The van der Waals surface area contributed by atoms with Gasteiger partial charge in [0.05, 0.1) is 14.1 Å². The highest BCUT2D eigenvalue weighted by molar-refractivity contribution is 5.53. The Labute approximate surface area is 68.8 Å². The van der Waals surface area contributed by atoms with Crippen LogP contribution in [0.25, 0.3) is 0 Å². The largest absolute Gasteiger partial charge is 0.267 e. The van der Waals surface area contributed by atoms with Gasteiger partial charge in [0.25, 0.3) is 0 Å². The van der Waals surface area contributed by atoms with E-state index in [4.69, 9.17) is 0 Å². The maximum atomic E-state index is 2.28. The summed E-state index contributed by atoms with van der Waals surface area (Å²) in [6, 6.07) is 0. The van der Waals surface area contributed by atoms with E-state index < -0.39 is 0 Å². The summed E-state index contributed by atoms with van der Waals surface area (Å²) < 4.78 is 2.17. The van der Waals surface area contributed by atoms with Crippen LogP contribution in [-0.4, -0.2) is 36.5 Å². The highest BCUT2D eigenvalue weighted by Crippen LogP contribution is 2.13. The first-order chi connectivity index (χ1) is 5.11. The van der Waals surface area contributed by atoms with E-state index in [-0.39, 0.29) is 0 Å². The number of allylic oxidation sites excluding steroid dienone is 1. The zero-order valence-corrected chi connectivity index (χ0v) is 7.83. The lowest BCUT2D eigenvalue weighted by Gasteiger charge is -2.19. The monoisotopic (exact) mass is 153 g/mol. The first kappa shape index (κ1) is 8.31. The smallest absolute Gasteiger partial charge is 0.238 e.